The summed E-state index contributed by atoms with van der Waals surface area (Å²) in [6.45, 7) is 4.00. The van der Waals surface area contributed by atoms with Gasteiger partial charge in [0.2, 0.25) is 0 Å². The highest BCUT2D eigenvalue weighted by Gasteiger charge is 2.17. The number of thiazole rings is 1. The largest absolute Gasteiger partial charge is 0.494 e. The first-order chi connectivity index (χ1) is 17.7. The lowest BCUT2D eigenvalue weighted by Crippen LogP contribution is -2.20. The molecular formula is C26H24ClN3O5S2. The normalized spacial score (nSPS) is 11.1. The Morgan fingerprint density at radius 1 is 1.03 bits per heavy atom. The van der Waals surface area contributed by atoms with E-state index < -0.39 is 15.9 Å². The predicted octanol–water partition coefficient (Wildman–Crippen LogP) is 5.99. The van der Waals surface area contributed by atoms with E-state index in [1.165, 1.54) is 18.2 Å². The van der Waals surface area contributed by atoms with Gasteiger partial charge in [0, 0.05) is 22.3 Å². The minimum Gasteiger partial charge on any atom is -0.494 e. The van der Waals surface area contributed by atoms with Gasteiger partial charge in [-0.3, -0.25) is 9.52 Å². The number of rotatable bonds is 10. The summed E-state index contributed by atoms with van der Waals surface area (Å²) in [4.78, 5) is 16.9. The van der Waals surface area contributed by atoms with E-state index in [0.717, 1.165) is 16.3 Å². The summed E-state index contributed by atoms with van der Waals surface area (Å²) < 4.78 is 38.9. The number of aromatic nitrogens is 1. The molecule has 0 bridgehead atoms. The van der Waals surface area contributed by atoms with Gasteiger partial charge in [0.15, 0.2) is 6.61 Å². The van der Waals surface area contributed by atoms with Crippen LogP contribution in [0.5, 0.6) is 11.5 Å². The highest BCUT2D eigenvalue weighted by Crippen LogP contribution is 2.29. The molecule has 0 atom stereocenters. The second-order valence-electron chi connectivity index (χ2n) is 7.82. The quantitative estimate of drug-likeness (QED) is 0.248. The number of amides is 1. The molecule has 0 aliphatic heterocycles. The van der Waals surface area contributed by atoms with Crippen molar-refractivity contribution in [2.24, 2.45) is 0 Å². The summed E-state index contributed by atoms with van der Waals surface area (Å²) in [6.07, 6.45) is 0. The zero-order valence-electron chi connectivity index (χ0n) is 20.0. The van der Waals surface area contributed by atoms with Crippen LogP contribution in [-0.4, -0.2) is 32.5 Å². The molecule has 0 fully saturated rings. The zero-order valence-corrected chi connectivity index (χ0v) is 22.4. The van der Waals surface area contributed by atoms with Crippen molar-refractivity contribution in [1.82, 2.24) is 4.98 Å². The maximum absolute atomic E-state index is 12.8. The number of aryl methyl sites for hydroxylation is 1. The van der Waals surface area contributed by atoms with Crippen molar-refractivity contribution in [1.29, 1.82) is 0 Å². The van der Waals surface area contributed by atoms with Gasteiger partial charge in [-0.15, -0.1) is 11.3 Å². The minimum atomic E-state index is -3.89. The number of halogens is 1. The highest BCUT2D eigenvalue weighted by molar-refractivity contribution is 7.92. The average Bonchev–Trinajstić information content (AvgIpc) is 3.31. The SMILES string of the molecule is CCOc1ccc(NS(=O)(=O)c2ccc(OCC(=O)Nc3cccc(-c4csc(C)n4)c3)c(Cl)c2)cc1. The van der Waals surface area contributed by atoms with E-state index in [0.29, 0.717) is 23.7 Å². The monoisotopic (exact) mass is 557 g/mol. The smallest absolute Gasteiger partial charge is 0.262 e. The van der Waals surface area contributed by atoms with Crippen LogP contribution in [0.1, 0.15) is 11.9 Å². The Morgan fingerprint density at radius 2 is 1.81 bits per heavy atom. The number of sulfonamides is 1. The molecule has 0 unspecified atom stereocenters. The van der Waals surface area contributed by atoms with Gasteiger partial charge in [-0.1, -0.05) is 23.7 Å². The number of carbonyl (C=O) groups excluding carboxylic acids is 1. The molecule has 4 rings (SSSR count). The van der Waals surface area contributed by atoms with Crippen LogP contribution in [0.25, 0.3) is 11.3 Å². The van der Waals surface area contributed by atoms with Crippen LogP contribution in [0, 0.1) is 6.92 Å². The molecule has 0 spiro atoms. The highest BCUT2D eigenvalue weighted by atomic mass is 35.5. The molecule has 192 valence electrons. The number of ether oxygens (including phenoxy) is 2. The lowest BCUT2D eigenvalue weighted by atomic mass is 10.1. The van der Waals surface area contributed by atoms with Crippen molar-refractivity contribution in [2.45, 2.75) is 18.7 Å². The first kappa shape index (κ1) is 26.5. The molecular weight excluding hydrogens is 534 g/mol. The van der Waals surface area contributed by atoms with E-state index in [-0.39, 0.29) is 22.3 Å². The van der Waals surface area contributed by atoms with E-state index in [9.17, 15) is 13.2 Å². The summed E-state index contributed by atoms with van der Waals surface area (Å²) in [5.74, 6) is 0.432. The van der Waals surface area contributed by atoms with Gasteiger partial charge in [0.25, 0.3) is 15.9 Å². The lowest BCUT2D eigenvalue weighted by Gasteiger charge is -2.12. The van der Waals surface area contributed by atoms with Crippen LogP contribution < -0.4 is 19.5 Å². The number of hydrogen-bond donors (Lipinski definition) is 2. The first-order valence-electron chi connectivity index (χ1n) is 11.2. The summed E-state index contributed by atoms with van der Waals surface area (Å²) in [5.41, 5.74) is 2.71. The van der Waals surface area contributed by atoms with Crippen molar-refractivity contribution < 1.29 is 22.7 Å². The second kappa shape index (κ2) is 11.6. The third kappa shape index (κ3) is 7.00. The summed E-state index contributed by atoms with van der Waals surface area (Å²) in [7, 11) is -3.89. The van der Waals surface area contributed by atoms with E-state index in [2.05, 4.69) is 15.0 Å². The predicted molar refractivity (Wildman–Crippen MR) is 146 cm³/mol. The van der Waals surface area contributed by atoms with Gasteiger partial charge in [0.05, 0.1) is 27.2 Å². The van der Waals surface area contributed by atoms with E-state index in [1.54, 1.807) is 41.7 Å². The van der Waals surface area contributed by atoms with Gasteiger partial charge in [-0.25, -0.2) is 13.4 Å². The maximum Gasteiger partial charge on any atom is 0.262 e. The standard InChI is InChI=1S/C26H24ClN3O5S2/c1-3-34-21-9-7-19(8-10-21)30-37(32,33)22-11-12-25(23(27)14-22)35-15-26(31)29-20-6-4-5-18(13-20)24-16-36-17(2)28-24/h4-14,16,30H,3,15H2,1-2H3,(H,29,31). The summed E-state index contributed by atoms with van der Waals surface area (Å²) >= 11 is 7.81. The molecule has 11 heteroatoms. The molecule has 3 aromatic carbocycles. The Bertz CT molecular complexity index is 1500. The molecule has 0 saturated heterocycles. The second-order valence-corrected chi connectivity index (χ2v) is 11.0. The Balaban J connectivity index is 1.36. The van der Waals surface area contributed by atoms with Crippen LogP contribution in [0.15, 0.2) is 77.0 Å². The number of nitrogens with zero attached hydrogens (tertiary/aromatic N) is 1. The third-order valence-electron chi connectivity index (χ3n) is 5.05. The molecule has 2 N–H and O–H groups in total. The number of carbonyl (C=O) groups is 1. The maximum atomic E-state index is 12.8. The number of nitrogens with one attached hydrogen (secondary N) is 2. The molecule has 1 heterocycles. The van der Waals surface area contributed by atoms with Crippen LogP contribution >= 0.6 is 22.9 Å². The van der Waals surface area contributed by atoms with E-state index in [1.807, 2.05) is 37.4 Å². The van der Waals surface area contributed by atoms with Crippen LogP contribution in [0.4, 0.5) is 11.4 Å². The molecule has 1 amide bonds. The molecule has 1 aromatic heterocycles. The van der Waals surface area contributed by atoms with E-state index in [4.69, 9.17) is 21.1 Å². The average molecular weight is 558 g/mol. The Morgan fingerprint density at radius 3 is 2.49 bits per heavy atom. The minimum absolute atomic E-state index is 0.0442. The molecule has 8 nitrogen and oxygen atoms in total. The van der Waals surface area contributed by atoms with Crippen LogP contribution in [0.2, 0.25) is 5.02 Å². The van der Waals surface area contributed by atoms with Crippen molar-refractivity contribution in [3.8, 4) is 22.8 Å². The van der Waals surface area contributed by atoms with Crippen molar-refractivity contribution >= 4 is 50.2 Å². The Kier molecular flexibility index (Phi) is 8.32. The number of hydrogen-bond acceptors (Lipinski definition) is 7. The van der Waals surface area contributed by atoms with Crippen molar-refractivity contribution in [2.75, 3.05) is 23.3 Å². The fourth-order valence-corrected chi connectivity index (χ4v) is 5.36. The molecule has 0 radical (unpaired) electrons. The van der Waals surface area contributed by atoms with Gasteiger partial charge in [-0.2, -0.15) is 0 Å². The van der Waals surface area contributed by atoms with Crippen LogP contribution in [0.3, 0.4) is 0 Å². The molecule has 0 aliphatic rings. The van der Waals surface area contributed by atoms with Gasteiger partial charge >= 0.3 is 0 Å². The molecule has 0 aliphatic carbocycles. The van der Waals surface area contributed by atoms with Crippen molar-refractivity contribution in [3.05, 3.63) is 82.1 Å². The first-order valence-corrected chi connectivity index (χ1v) is 14.0. The molecule has 0 saturated carbocycles. The van der Waals surface area contributed by atoms with Crippen molar-refractivity contribution in [3.63, 3.8) is 0 Å². The lowest BCUT2D eigenvalue weighted by molar-refractivity contribution is -0.118. The summed E-state index contributed by atoms with van der Waals surface area (Å²) in [5, 5.41) is 5.75. The zero-order chi connectivity index (χ0) is 26.4. The fourth-order valence-electron chi connectivity index (χ4n) is 3.36. The Hall–Kier alpha value is -3.60. The molecule has 37 heavy (non-hydrogen) atoms. The number of benzene rings is 3. The van der Waals surface area contributed by atoms with Gasteiger partial charge in [-0.05, 0) is 68.4 Å². The third-order valence-corrected chi connectivity index (χ3v) is 7.50. The van der Waals surface area contributed by atoms with E-state index >= 15 is 0 Å². The van der Waals surface area contributed by atoms with Gasteiger partial charge in [0.1, 0.15) is 11.5 Å². The topological polar surface area (TPSA) is 107 Å². The van der Waals surface area contributed by atoms with Crippen LogP contribution in [-0.2, 0) is 14.8 Å². The summed E-state index contributed by atoms with van der Waals surface area (Å²) in [6, 6.07) is 17.9. The molecule has 4 aromatic rings. The van der Waals surface area contributed by atoms with Gasteiger partial charge < -0.3 is 14.8 Å². The number of anilines is 2. The Labute approximate surface area is 224 Å². The fraction of sp³-hybridized carbons (Fsp3) is 0.154.